The van der Waals surface area contributed by atoms with E-state index in [1.807, 2.05) is 6.07 Å². The van der Waals surface area contributed by atoms with Crippen LogP contribution in [0.1, 0.15) is 21.5 Å². The lowest BCUT2D eigenvalue weighted by atomic mass is 10.1. The first-order valence-corrected chi connectivity index (χ1v) is 7.62. The van der Waals surface area contributed by atoms with E-state index < -0.39 is 0 Å². The Hall–Kier alpha value is -2.84. The summed E-state index contributed by atoms with van der Waals surface area (Å²) in [5, 5.41) is 9.08. The number of halogens is 1. The maximum absolute atomic E-state index is 12.3. The zero-order valence-corrected chi connectivity index (χ0v) is 13.6. The number of carbonyl (C=O) groups excluding carboxylic acids is 2. The van der Waals surface area contributed by atoms with E-state index in [2.05, 4.69) is 0 Å². The molecule has 6 heteroatoms. The van der Waals surface area contributed by atoms with Crippen molar-refractivity contribution in [1.29, 1.82) is 5.26 Å². The van der Waals surface area contributed by atoms with Crippen LogP contribution in [0.15, 0.2) is 36.4 Å². The number of carbonyl (C=O) groups is 2. The van der Waals surface area contributed by atoms with Crippen molar-refractivity contribution in [3.63, 3.8) is 0 Å². The number of hydrogen-bond acceptors (Lipinski definition) is 4. The molecule has 0 fully saturated rings. The fourth-order valence-corrected chi connectivity index (χ4v) is 2.79. The molecule has 0 aromatic heterocycles. The first-order valence-electron chi connectivity index (χ1n) is 7.24. The van der Waals surface area contributed by atoms with E-state index in [4.69, 9.17) is 21.6 Å². The number of anilines is 1. The van der Waals surface area contributed by atoms with Gasteiger partial charge in [-0.1, -0.05) is 11.6 Å². The number of fused-ring (bicyclic) bond motifs is 1. The van der Waals surface area contributed by atoms with Gasteiger partial charge < -0.3 is 9.64 Å². The molecule has 1 aliphatic rings. The molecule has 0 saturated heterocycles. The lowest BCUT2D eigenvalue weighted by Crippen LogP contribution is -2.20. The second-order valence-corrected chi connectivity index (χ2v) is 5.85. The third-order valence-electron chi connectivity index (χ3n) is 3.90. The third-order valence-corrected chi connectivity index (χ3v) is 4.19. The highest BCUT2D eigenvalue weighted by Gasteiger charge is 2.24. The summed E-state index contributed by atoms with van der Waals surface area (Å²) < 4.78 is 5.45. The predicted octanol–water partition coefficient (Wildman–Crippen LogP) is 2.99. The van der Waals surface area contributed by atoms with E-state index in [1.165, 1.54) is 6.07 Å². The number of rotatable bonds is 4. The monoisotopic (exact) mass is 340 g/mol. The number of benzene rings is 2. The minimum absolute atomic E-state index is 0.00946. The summed E-state index contributed by atoms with van der Waals surface area (Å²) in [5.74, 6) is 0.149. The Morgan fingerprint density at radius 2 is 2.12 bits per heavy atom. The summed E-state index contributed by atoms with van der Waals surface area (Å²) in [5.41, 5.74) is 2.57. The van der Waals surface area contributed by atoms with Crippen LogP contribution in [0.2, 0.25) is 5.02 Å². The molecule has 120 valence electrons. The summed E-state index contributed by atoms with van der Waals surface area (Å²) >= 11 is 6.02. The number of ether oxygens (including phenoxy) is 1. The standard InChI is InChI=1S/C18H13ClN2O3/c1-21-15-4-3-12(7-13(15)8-18(21)23)16(22)10-24-17-5-2-11(9-20)6-14(17)19/h2-7H,8,10H2,1H3. The highest BCUT2D eigenvalue weighted by molar-refractivity contribution is 6.32. The van der Waals surface area contributed by atoms with Crippen LogP contribution >= 0.6 is 11.6 Å². The van der Waals surface area contributed by atoms with Crippen LogP contribution < -0.4 is 9.64 Å². The smallest absolute Gasteiger partial charge is 0.231 e. The first-order chi connectivity index (χ1) is 11.5. The van der Waals surface area contributed by atoms with Crippen molar-refractivity contribution >= 4 is 29.0 Å². The van der Waals surface area contributed by atoms with Gasteiger partial charge in [0.05, 0.1) is 23.1 Å². The van der Waals surface area contributed by atoms with Gasteiger partial charge in [-0.15, -0.1) is 0 Å². The second-order valence-electron chi connectivity index (χ2n) is 5.44. The molecule has 0 bridgehead atoms. The van der Waals surface area contributed by atoms with Crippen molar-refractivity contribution in [2.24, 2.45) is 0 Å². The van der Waals surface area contributed by atoms with Gasteiger partial charge >= 0.3 is 0 Å². The SMILES string of the molecule is CN1C(=O)Cc2cc(C(=O)COc3ccc(C#N)cc3Cl)ccc21. The van der Waals surface area contributed by atoms with Crippen molar-refractivity contribution in [1.82, 2.24) is 0 Å². The Labute approximate surface area is 144 Å². The molecule has 0 unspecified atom stereocenters. The molecule has 0 aliphatic carbocycles. The zero-order chi connectivity index (χ0) is 17.3. The largest absolute Gasteiger partial charge is 0.484 e. The number of likely N-dealkylation sites (N-methyl/N-ethyl adjacent to an activating group) is 1. The van der Waals surface area contributed by atoms with Gasteiger partial charge in [0, 0.05) is 18.3 Å². The molecular formula is C18H13ClN2O3. The van der Waals surface area contributed by atoms with E-state index in [9.17, 15) is 9.59 Å². The Bertz CT molecular complexity index is 886. The topological polar surface area (TPSA) is 70.4 Å². The van der Waals surface area contributed by atoms with Crippen molar-refractivity contribution in [3.05, 3.63) is 58.1 Å². The van der Waals surface area contributed by atoms with E-state index in [0.29, 0.717) is 23.3 Å². The lowest BCUT2D eigenvalue weighted by Gasteiger charge is -2.11. The van der Waals surface area contributed by atoms with Crippen LogP contribution in [0.5, 0.6) is 5.75 Å². The van der Waals surface area contributed by atoms with Crippen LogP contribution in [0.3, 0.4) is 0 Å². The van der Waals surface area contributed by atoms with Crippen LogP contribution in [-0.4, -0.2) is 25.3 Å². The summed E-state index contributed by atoms with van der Waals surface area (Å²) in [6.07, 6.45) is 0.301. The Balaban J connectivity index is 1.72. The normalized spacial score (nSPS) is 12.7. The molecule has 24 heavy (non-hydrogen) atoms. The molecule has 3 rings (SSSR count). The fourth-order valence-electron chi connectivity index (χ4n) is 2.56. The molecule has 2 aromatic rings. The predicted molar refractivity (Wildman–Crippen MR) is 89.5 cm³/mol. The van der Waals surface area contributed by atoms with Crippen molar-refractivity contribution in [2.75, 3.05) is 18.6 Å². The van der Waals surface area contributed by atoms with Gasteiger partial charge in [0.15, 0.2) is 12.4 Å². The molecule has 0 spiro atoms. The van der Waals surface area contributed by atoms with Crippen molar-refractivity contribution in [2.45, 2.75) is 6.42 Å². The molecule has 2 aromatic carbocycles. The van der Waals surface area contributed by atoms with E-state index >= 15 is 0 Å². The van der Waals surface area contributed by atoms with Gasteiger partial charge in [0.25, 0.3) is 0 Å². The zero-order valence-electron chi connectivity index (χ0n) is 12.9. The molecular weight excluding hydrogens is 328 g/mol. The van der Waals surface area contributed by atoms with Crippen LogP contribution in [0.25, 0.3) is 0 Å². The Morgan fingerprint density at radius 1 is 1.33 bits per heavy atom. The molecule has 0 N–H and O–H groups in total. The summed E-state index contributed by atoms with van der Waals surface area (Å²) in [4.78, 5) is 25.6. The molecule has 5 nitrogen and oxygen atoms in total. The number of Topliss-reactive ketones (excluding diaryl/α,β-unsaturated/α-hetero) is 1. The Kier molecular flexibility index (Phi) is 4.24. The van der Waals surface area contributed by atoms with Crippen LogP contribution in [0.4, 0.5) is 5.69 Å². The van der Waals surface area contributed by atoms with Gasteiger partial charge in [0.2, 0.25) is 5.91 Å². The van der Waals surface area contributed by atoms with Crippen LogP contribution in [-0.2, 0) is 11.2 Å². The first kappa shape index (κ1) is 16.0. The molecule has 1 heterocycles. The van der Waals surface area contributed by atoms with Crippen molar-refractivity contribution < 1.29 is 14.3 Å². The van der Waals surface area contributed by atoms with E-state index in [-0.39, 0.29) is 23.3 Å². The number of nitriles is 1. The van der Waals surface area contributed by atoms with Gasteiger partial charge in [-0.3, -0.25) is 9.59 Å². The fraction of sp³-hybridized carbons (Fsp3) is 0.167. The quantitative estimate of drug-likeness (QED) is 0.802. The molecule has 0 saturated carbocycles. The van der Waals surface area contributed by atoms with E-state index in [1.54, 1.807) is 42.3 Å². The maximum Gasteiger partial charge on any atom is 0.231 e. The summed E-state index contributed by atoms with van der Waals surface area (Å²) in [7, 11) is 1.71. The highest BCUT2D eigenvalue weighted by Crippen LogP contribution is 2.29. The maximum atomic E-state index is 12.3. The molecule has 1 aliphatic heterocycles. The highest BCUT2D eigenvalue weighted by atomic mass is 35.5. The van der Waals surface area contributed by atoms with Crippen molar-refractivity contribution in [3.8, 4) is 11.8 Å². The third kappa shape index (κ3) is 2.97. The molecule has 0 radical (unpaired) electrons. The average molecular weight is 341 g/mol. The second kappa shape index (κ2) is 6.34. The minimum atomic E-state index is -0.208. The summed E-state index contributed by atoms with van der Waals surface area (Å²) in [6.45, 7) is -0.172. The molecule has 0 atom stereocenters. The average Bonchev–Trinajstić information content (AvgIpc) is 2.87. The van der Waals surface area contributed by atoms with Gasteiger partial charge in [-0.25, -0.2) is 0 Å². The lowest BCUT2D eigenvalue weighted by molar-refractivity contribution is -0.117. The van der Waals surface area contributed by atoms with Crippen LogP contribution in [0, 0.1) is 11.3 Å². The minimum Gasteiger partial charge on any atom is -0.484 e. The van der Waals surface area contributed by atoms with Gasteiger partial charge in [-0.2, -0.15) is 5.26 Å². The molecule has 1 amide bonds. The summed E-state index contributed by atoms with van der Waals surface area (Å²) in [6, 6.07) is 11.8. The number of nitrogens with zero attached hydrogens (tertiary/aromatic N) is 2. The number of ketones is 1. The van der Waals surface area contributed by atoms with Gasteiger partial charge in [-0.05, 0) is 42.0 Å². The number of hydrogen-bond donors (Lipinski definition) is 0. The van der Waals surface area contributed by atoms with E-state index in [0.717, 1.165) is 11.3 Å². The Morgan fingerprint density at radius 3 is 2.83 bits per heavy atom. The number of amides is 1. The van der Waals surface area contributed by atoms with Gasteiger partial charge in [0.1, 0.15) is 5.75 Å².